The summed E-state index contributed by atoms with van der Waals surface area (Å²) in [5.41, 5.74) is 0. The van der Waals surface area contributed by atoms with Crippen LogP contribution in [0.1, 0.15) is 58.3 Å². The lowest BCUT2D eigenvalue weighted by Crippen LogP contribution is -2.53. The molecule has 2 nitrogen and oxygen atoms in total. The van der Waals surface area contributed by atoms with E-state index < -0.39 is 12.1 Å². The van der Waals surface area contributed by atoms with Crippen molar-refractivity contribution in [3.8, 4) is 0 Å². The van der Waals surface area contributed by atoms with E-state index in [0.717, 1.165) is 19.4 Å². The van der Waals surface area contributed by atoms with Gasteiger partial charge in [-0.25, -0.2) is 0 Å². The molecule has 0 bridgehead atoms. The van der Waals surface area contributed by atoms with Gasteiger partial charge in [0.15, 0.2) is 0 Å². The molecular formula is C16H29F3N2. The number of likely N-dealkylation sites (N-methyl/N-ethyl adjacent to an activating group) is 1. The summed E-state index contributed by atoms with van der Waals surface area (Å²) in [4.78, 5) is 2.33. The largest absolute Gasteiger partial charge is 0.391 e. The van der Waals surface area contributed by atoms with Gasteiger partial charge < -0.3 is 5.32 Å². The first-order valence-electron chi connectivity index (χ1n) is 8.56. The van der Waals surface area contributed by atoms with Crippen LogP contribution in [0.2, 0.25) is 0 Å². The van der Waals surface area contributed by atoms with E-state index in [9.17, 15) is 13.2 Å². The van der Waals surface area contributed by atoms with Crippen LogP contribution < -0.4 is 5.32 Å². The lowest BCUT2D eigenvalue weighted by molar-refractivity contribution is -0.186. The summed E-state index contributed by atoms with van der Waals surface area (Å²) in [5.74, 6) is -1.08. The third-order valence-corrected chi connectivity index (χ3v) is 5.16. The van der Waals surface area contributed by atoms with Crippen molar-refractivity contribution < 1.29 is 13.2 Å². The lowest BCUT2D eigenvalue weighted by Gasteiger charge is -2.42. The topological polar surface area (TPSA) is 15.3 Å². The second kappa shape index (κ2) is 7.82. The molecule has 0 radical (unpaired) electrons. The second-order valence-electron chi connectivity index (χ2n) is 6.57. The molecule has 2 fully saturated rings. The van der Waals surface area contributed by atoms with E-state index in [0.29, 0.717) is 25.2 Å². The Bertz CT molecular complexity index is 298. The fourth-order valence-electron chi connectivity index (χ4n) is 3.96. The molecule has 1 aliphatic carbocycles. The summed E-state index contributed by atoms with van der Waals surface area (Å²) in [7, 11) is 0. The number of hydrogen-bond acceptors (Lipinski definition) is 2. The highest BCUT2D eigenvalue weighted by molar-refractivity contribution is 4.89. The van der Waals surface area contributed by atoms with Crippen molar-refractivity contribution in [3.05, 3.63) is 0 Å². The quantitative estimate of drug-likeness (QED) is 0.849. The summed E-state index contributed by atoms with van der Waals surface area (Å²) in [6.45, 7) is 4.28. The molecule has 1 N–H and O–H groups in total. The molecule has 0 aromatic carbocycles. The summed E-state index contributed by atoms with van der Waals surface area (Å²) >= 11 is 0. The number of hydrogen-bond donors (Lipinski definition) is 1. The van der Waals surface area contributed by atoms with Crippen LogP contribution in [0.15, 0.2) is 0 Å². The number of nitrogens with one attached hydrogen (secondary N) is 1. The number of alkyl halides is 3. The molecule has 2 rings (SSSR count). The Morgan fingerprint density at radius 1 is 0.952 bits per heavy atom. The minimum atomic E-state index is -4.01. The van der Waals surface area contributed by atoms with Gasteiger partial charge in [0.25, 0.3) is 0 Å². The standard InChI is InChI=1S/C16H29F3N2/c1-2-20-14-7-5-3-4-6-8-15(14)21-11-9-13(10-12-21)16(17,18)19/h13-15,20H,2-12H2,1H3. The Balaban J connectivity index is 1.94. The molecule has 1 aliphatic heterocycles. The Labute approximate surface area is 126 Å². The summed E-state index contributed by atoms with van der Waals surface area (Å²) in [6.07, 6.45) is 3.87. The average Bonchev–Trinajstić information content (AvgIpc) is 2.41. The first-order chi connectivity index (χ1) is 10.0. The smallest absolute Gasteiger partial charge is 0.313 e. The first kappa shape index (κ1) is 17.1. The maximum Gasteiger partial charge on any atom is 0.391 e. The molecule has 2 aliphatic rings. The molecule has 1 heterocycles. The Kier molecular flexibility index (Phi) is 6.35. The average molecular weight is 306 g/mol. The molecule has 0 aromatic rings. The van der Waals surface area contributed by atoms with E-state index in [1.54, 1.807) is 0 Å². The molecule has 1 saturated carbocycles. The highest BCUT2D eigenvalue weighted by Crippen LogP contribution is 2.35. The highest BCUT2D eigenvalue weighted by Gasteiger charge is 2.42. The summed E-state index contributed by atoms with van der Waals surface area (Å²) < 4.78 is 38.4. The van der Waals surface area contributed by atoms with Crippen molar-refractivity contribution in [1.82, 2.24) is 10.2 Å². The van der Waals surface area contributed by atoms with E-state index in [1.807, 2.05) is 0 Å². The monoisotopic (exact) mass is 306 g/mol. The number of nitrogens with zero attached hydrogens (tertiary/aromatic N) is 1. The zero-order valence-corrected chi connectivity index (χ0v) is 13.1. The van der Waals surface area contributed by atoms with Gasteiger partial charge in [-0.05, 0) is 45.3 Å². The summed E-state index contributed by atoms with van der Waals surface area (Å²) in [5, 5.41) is 3.58. The number of piperidine rings is 1. The number of rotatable bonds is 3. The van der Waals surface area contributed by atoms with Crippen LogP contribution in [0.3, 0.4) is 0 Å². The van der Waals surface area contributed by atoms with Crippen LogP contribution in [0, 0.1) is 5.92 Å². The van der Waals surface area contributed by atoms with Crippen LogP contribution in [-0.2, 0) is 0 Å². The molecule has 21 heavy (non-hydrogen) atoms. The lowest BCUT2D eigenvalue weighted by atomic mass is 9.88. The molecule has 0 spiro atoms. The zero-order chi connectivity index (χ0) is 15.3. The van der Waals surface area contributed by atoms with Crippen LogP contribution in [-0.4, -0.2) is 42.8 Å². The minimum Gasteiger partial charge on any atom is -0.313 e. The van der Waals surface area contributed by atoms with Crippen molar-refractivity contribution in [1.29, 1.82) is 0 Å². The van der Waals surface area contributed by atoms with Gasteiger partial charge in [-0.3, -0.25) is 4.90 Å². The molecule has 1 saturated heterocycles. The molecule has 124 valence electrons. The van der Waals surface area contributed by atoms with E-state index in [4.69, 9.17) is 0 Å². The van der Waals surface area contributed by atoms with E-state index in [2.05, 4.69) is 17.1 Å². The zero-order valence-electron chi connectivity index (χ0n) is 13.1. The predicted octanol–water partition coefficient (Wildman–Crippen LogP) is 3.96. The molecule has 2 unspecified atom stereocenters. The van der Waals surface area contributed by atoms with Gasteiger partial charge in [0.2, 0.25) is 0 Å². The summed E-state index contributed by atoms with van der Waals surface area (Å²) in [6, 6.07) is 0.886. The third-order valence-electron chi connectivity index (χ3n) is 5.16. The fourth-order valence-corrected chi connectivity index (χ4v) is 3.96. The van der Waals surface area contributed by atoms with Gasteiger partial charge in [0, 0.05) is 12.1 Å². The maximum atomic E-state index is 12.8. The highest BCUT2D eigenvalue weighted by atomic mass is 19.4. The predicted molar refractivity (Wildman–Crippen MR) is 79.3 cm³/mol. The fraction of sp³-hybridized carbons (Fsp3) is 1.00. The maximum absolute atomic E-state index is 12.8. The van der Waals surface area contributed by atoms with E-state index >= 15 is 0 Å². The molecule has 0 amide bonds. The van der Waals surface area contributed by atoms with Crippen molar-refractivity contribution in [3.63, 3.8) is 0 Å². The molecule has 2 atom stereocenters. The normalized spacial score (nSPS) is 30.9. The third kappa shape index (κ3) is 4.85. The molecule has 0 aromatic heterocycles. The number of halogens is 3. The van der Waals surface area contributed by atoms with Crippen LogP contribution in [0.5, 0.6) is 0 Å². The van der Waals surface area contributed by atoms with E-state index in [1.165, 1.54) is 25.7 Å². The van der Waals surface area contributed by atoms with Crippen molar-refractivity contribution >= 4 is 0 Å². The van der Waals surface area contributed by atoms with Crippen LogP contribution in [0.4, 0.5) is 13.2 Å². The van der Waals surface area contributed by atoms with Crippen molar-refractivity contribution in [2.75, 3.05) is 19.6 Å². The van der Waals surface area contributed by atoms with Gasteiger partial charge in [-0.15, -0.1) is 0 Å². The number of likely N-dealkylation sites (tertiary alicyclic amines) is 1. The SMILES string of the molecule is CCNC1CCCCCCC1N1CCC(C(F)(F)F)CC1. The Hall–Kier alpha value is -0.290. The Morgan fingerprint density at radius 2 is 1.57 bits per heavy atom. The van der Waals surface area contributed by atoms with Crippen LogP contribution >= 0.6 is 0 Å². The van der Waals surface area contributed by atoms with Gasteiger partial charge in [-0.2, -0.15) is 13.2 Å². The van der Waals surface area contributed by atoms with Gasteiger partial charge in [0.05, 0.1) is 5.92 Å². The van der Waals surface area contributed by atoms with Crippen molar-refractivity contribution in [2.45, 2.75) is 76.6 Å². The van der Waals surface area contributed by atoms with Gasteiger partial charge >= 0.3 is 6.18 Å². The minimum absolute atomic E-state index is 0.277. The van der Waals surface area contributed by atoms with Gasteiger partial charge in [0.1, 0.15) is 0 Å². The molecule has 5 heteroatoms. The van der Waals surface area contributed by atoms with Crippen molar-refractivity contribution in [2.24, 2.45) is 5.92 Å². The van der Waals surface area contributed by atoms with E-state index in [-0.39, 0.29) is 12.8 Å². The second-order valence-corrected chi connectivity index (χ2v) is 6.57. The molecular weight excluding hydrogens is 277 g/mol. The first-order valence-corrected chi connectivity index (χ1v) is 8.56. The van der Waals surface area contributed by atoms with Gasteiger partial charge in [-0.1, -0.05) is 32.6 Å². The van der Waals surface area contributed by atoms with Crippen LogP contribution in [0.25, 0.3) is 0 Å². The Morgan fingerprint density at radius 3 is 2.14 bits per heavy atom.